The number of aromatic nitrogens is 1. The lowest BCUT2D eigenvalue weighted by Crippen LogP contribution is -2.44. The first-order valence-corrected chi connectivity index (χ1v) is 9.21. The van der Waals surface area contributed by atoms with E-state index in [1.807, 2.05) is 4.90 Å². The number of amides is 1. The summed E-state index contributed by atoms with van der Waals surface area (Å²) in [5, 5.41) is 2.94. The van der Waals surface area contributed by atoms with Crippen LogP contribution in [-0.4, -0.2) is 48.4 Å². The second-order valence-electron chi connectivity index (χ2n) is 6.77. The molecule has 6 nitrogen and oxygen atoms in total. The van der Waals surface area contributed by atoms with Crippen LogP contribution < -0.4 is 5.32 Å². The average molecular weight is 371 g/mol. The van der Waals surface area contributed by atoms with Gasteiger partial charge in [-0.3, -0.25) is 4.79 Å². The zero-order chi connectivity index (χ0) is 18.6. The highest BCUT2D eigenvalue weighted by molar-refractivity contribution is 5.99. The van der Waals surface area contributed by atoms with Gasteiger partial charge in [0.15, 0.2) is 6.29 Å². The number of carbonyl (C=O) groups excluding carboxylic acids is 1. The van der Waals surface area contributed by atoms with Crippen molar-refractivity contribution in [1.29, 1.82) is 0 Å². The van der Waals surface area contributed by atoms with E-state index in [-0.39, 0.29) is 23.8 Å². The van der Waals surface area contributed by atoms with E-state index < -0.39 is 5.82 Å². The molecule has 1 atom stereocenters. The van der Waals surface area contributed by atoms with Gasteiger partial charge in [0.2, 0.25) is 0 Å². The highest BCUT2D eigenvalue weighted by Crippen LogP contribution is 2.28. The molecule has 3 heterocycles. The molecule has 2 aliphatic heterocycles. The van der Waals surface area contributed by atoms with E-state index in [2.05, 4.69) is 10.3 Å². The number of halogens is 1. The topological polar surface area (TPSA) is 63.7 Å². The summed E-state index contributed by atoms with van der Waals surface area (Å²) in [5.74, 6) is 0.00712. The van der Waals surface area contributed by atoms with Gasteiger partial charge in [0.05, 0.1) is 24.5 Å². The molecule has 27 heavy (non-hydrogen) atoms. The van der Waals surface area contributed by atoms with Crippen molar-refractivity contribution < 1.29 is 18.7 Å². The van der Waals surface area contributed by atoms with E-state index in [1.165, 1.54) is 6.07 Å². The van der Waals surface area contributed by atoms with Crippen molar-refractivity contribution in [1.82, 2.24) is 9.88 Å². The molecule has 1 aromatic heterocycles. The summed E-state index contributed by atoms with van der Waals surface area (Å²) in [7, 11) is 0. The van der Waals surface area contributed by atoms with Crippen LogP contribution in [0.2, 0.25) is 0 Å². The number of nitrogens with zero attached hydrogens (tertiary/aromatic N) is 2. The quantitative estimate of drug-likeness (QED) is 0.894. The average Bonchev–Trinajstić information content (AvgIpc) is 3.25. The van der Waals surface area contributed by atoms with E-state index in [1.54, 1.807) is 36.5 Å². The van der Waals surface area contributed by atoms with Gasteiger partial charge in [-0.2, -0.15) is 0 Å². The van der Waals surface area contributed by atoms with Crippen LogP contribution in [0.25, 0.3) is 0 Å². The van der Waals surface area contributed by atoms with Crippen molar-refractivity contribution in [2.24, 2.45) is 5.92 Å². The molecule has 2 saturated heterocycles. The summed E-state index contributed by atoms with van der Waals surface area (Å²) >= 11 is 0. The SMILES string of the molecule is O=C(c1cccnc1Nc1ccccc1F)N1CCCC(C2OCCO2)C1. The lowest BCUT2D eigenvalue weighted by Gasteiger charge is -2.35. The first kappa shape index (κ1) is 17.9. The van der Waals surface area contributed by atoms with E-state index in [4.69, 9.17) is 9.47 Å². The number of para-hydroxylation sites is 1. The van der Waals surface area contributed by atoms with Crippen LogP contribution in [0.1, 0.15) is 23.2 Å². The van der Waals surface area contributed by atoms with Crippen molar-refractivity contribution in [3.05, 3.63) is 54.0 Å². The molecule has 2 fully saturated rings. The molecule has 7 heteroatoms. The third-order valence-corrected chi connectivity index (χ3v) is 4.94. The normalized spacial score (nSPS) is 20.6. The van der Waals surface area contributed by atoms with Crippen molar-refractivity contribution in [2.45, 2.75) is 19.1 Å². The first-order valence-electron chi connectivity index (χ1n) is 9.21. The number of piperidine rings is 1. The molecule has 0 radical (unpaired) electrons. The Bertz CT molecular complexity index is 811. The van der Waals surface area contributed by atoms with E-state index in [0.717, 1.165) is 12.8 Å². The van der Waals surface area contributed by atoms with Gasteiger partial charge in [-0.15, -0.1) is 0 Å². The molecular formula is C20H22FN3O3. The van der Waals surface area contributed by atoms with Crippen LogP contribution in [0.5, 0.6) is 0 Å². The Balaban J connectivity index is 1.52. The molecule has 142 valence electrons. The monoisotopic (exact) mass is 371 g/mol. The van der Waals surface area contributed by atoms with Gasteiger partial charge in [0, 0.05) is 25.2 Å². The number of hydrogen-bond acceptors (Lipinski definition) is 5. The van der Waals surface area contributed by atoms with Crippen LogP contribution >= 0.6 is 0 Å². The Morgan fingerprint density at radius 2 is 2.00 bits per heavy atom. The van der Waals surface area contributed by atoms with Crippen molar-refractivity contribution in [2.75, 3.05) is 31.6 Å². The number of pyridine rings is 1. The smallest absolute Gasteiger partial charge is 0.257 e. The first-order chi connectivity index (χ1) is 13.2. The summed E-state index contributed by atoms with van der Waals surface area (Å²) < 4.78 is 25.2. The molecule has 0 spiro atoms. The highest BCUT2D eigenvalue weighted by Gasteiger charge is 2.33. The van der Waals surface area contributed by atoms with Crippen LogP contribution in [0, 0.1) is 11.7 Å². The Morgan fingerprint density at radius 1 is 1.19 bits per heavy atom. The third-order valence-electron chi connectivity index (χ3n) is 4.94. The summed E-state index contributed by atoms with van der Waals surface area (Å²) in [5.41, 5.74) is 0.712. The zero-order valence-corrected chi connectivity index (χ0v) is 14.9. The Labute approximate surface area is 157 Å². The van der Waals surface area contributed by atoms with E-state index >= 15 is 0 Å². The number of ether oxygens (including phenoxy) is 2. The summed E-state index contributed by atoms with van der Waals surface area (Å²) in [6.07, 6.45) is 3.22. The van der Waals surface area contributed by atoms with Crippen LogP contribution in [0.15, 0.2) is 42.6 Å². The second kappa shape index (κ2) is 8.02. The standard InChI is InChI=1S/C20H22FN3O3/c21-16-7-1-2-8-17(16)23-18-15(6-3-9-22-18)19(25)24-10-4-5-14(13-24)20-26-11-12-27-20/h1-3,6-9,14,20H,4-5,10-13H2,(H,22,23). The predicted octanol–water partition coefficient (Wildman–Crippen LogP) is 3.19. The van der Waals surface area contributed by atoms with Crippen LogP contribution in [0.4, 0.5) is 15.9 Å². The molecule has 0 bridgehead atoms. The zero-order valence-electron chi connectivity index (χ0n) is 14.9. The summed E-state index contributed by atoms with van der Waals surface area (Å²) in [6.45, 7) is 2.47. The van der Waals surface area contributed by atoms with Crippen molar-refractivity contribution in [3.63, 3.8) is 0 Å². The fourth-order valence-electron chi connectivity index (χ4n) is 3.60. The fourth-order valence-corrected chi connectivity index (χ4v) is 3.60. The maximum Gasteiger partial charge on any atom is 0.257 e. The third kappa shape index (κ3) is 3.94. The van der Waals surface area contributed by atoms with Crippen molar-refractivity contribution in [3.8, 4) is 0 Å². The van der Waals surface area contributed by atoms with E-state index in [9.17, 15) is 9.18 Å². The molecule has 2 aliphatic rings. The number of likely N-dealkylation sites (tertiary alicyclic amines) is 1. The number of anilines is 2. The van der Waals surface area contributed by atoms with Gasteiger partial charge < -0.3 is 19.7 Å². The maximum absolute atomic E-state index is 14.0. The Hall–Kier alpha value is -2.51. The van der Waals surface area contributed by atoms with Crippen LogP contribution in [-0.2, 0) is 9.47 Å². The molecule has 1 N–H and O–H groups in total. The van der Waals surface area contributed by atoms with Gasteiger partial charge in [0.25, 0.3) is 5.91 Å². The van der Waals surface area contributed by atoms with Gasteiger partial charge in [-0.05, 0) is 37.1 Å². The number of benzene rings is 1. The minimum absolute atomic E-state index is 0.121. The molecule has 0 saturated carbocycles. The molecule has 0 aliphatic carbocycles. The van der Waals surface area contributed by atoms with Gasteiger partial charge in [0.1, 0.15) is 11.6 Å². The lowest BCUT2D eigenvalue weighted by molar-refractivity contribution is -0.0969. The Kier molecular flexibility index (Phi) is 5.31. The minimum atomic E-state index is -0.393. The Morgan fingerprint density at radius 3 is 2.81 bits per heavy atom. The van der Waals surface area contributed by atoms with Gasteiger partial charge in [-0.25, -0.2) is 9.37 Å². The number of nitrogens with one attached hydrogen (secondary N) is 1. The molecule has 1 aromatic carbocycles. The largest absolute Gasteiger partial charge is 0.350 e. The van der Waals surface area contributed by atoms with Crippen LogP contribution in [0.3, 0.4) is 0 Å². The summed E-state index contributed by atoms with van der Waals surface area (Å²) in [6, 6.07) is 9.75. The number of hydrogen-bond donors (Lipinski definition) is 1. The molecule has 1 amide bonds. The number of carbonyl (C=O) groups is 1. The minimum Gasteiger partial charge on any atom is -0.350 e. The predicted molar refractivity (Wildman–Crippen MR) is 98.2 cm³/mol. The summed E-state index contributed by atoms with van der Waals surface area (Å²) in [4.78, 5) is 19.2. The second-order valence-corrected chi connectivity index (χ2v) is 6.77. The molecular weight excluding hydrogens is 349 g/mol. The van der Waals surface area contributed by atoms with Gasteiger partial charge in [-0.1, -0.05) is 12.1 Å². The fraction of sp³-hybridized carbons (Fsp3) is 0.400. The number of rotatable bonds is 4. The van der Waals surface area contributed by atoms with E-state index in [0.29, 0.717) is 37.7 Å². The molecule has 2 aromatic rings. The molecule has 4 rings (SSSR count). The highest BCUT2D eigenvalue weighted by atomic mass is 19.1. The molecule has 1 unspecified atom stereocenters. The lowest BCUT2D eigenvalue weighted by atomic mass is 9.96. The maximum atomic E-state index is 14.0. The van der Waals surface area contributed by atoms with Gasteiger partial charge >= 0.3 is 0 Å². The van der Waals surface area contributed by atoms with Crippen molar-refractivity contribution >= 4 is 17.4 Å².